The molecule has 0 fully saturated rings. The zero-order valence-electron chi connectivity index (χ0n) is 19.8. The van der Waals surface area contributed by atoms with Crippen molar-refractivity contribution in [3.8, 4) is 11.1 Å². The number of carbonyl (C=O) groups is 1. The Balaban J connectivity index is 1.91. The quantitative estimate of drug-likeness (QED) is 0.274. The van der Waals surface area contributed by atoms with E-state index < -0.39 is 19.1 Å². The molecule has 180 valence electrons. The standard InChI is InChI=1S/C27H28N3O4P/c1-27(2,3)25(28)26(31)30-20-15-18-11-12-19(13-14-35(32,33)34)29-24(18)23(16-20)22-10-6-8-17-7-4-5-9-21(17)22/h4-16,25H,28H2,1-3H3,(H,30,31)(H2,32,33,34)/b14-13+. The van der Waals surface area contributed by atoms with Gasteiger partial charge in [0.05, 0.1) is 17.3 Å². The summed E-state index contributed by atoms with van der Waals surface area (Å²) in [6.45, 7) is 5.74. The van der Waals surface area contributed by atoms with Crippen molar-refractivity contribution in [2.75, 3.05) is 5.32 Å². The average molecular weight is 490 g/mol. The molecule has 0 saturated heterocycles. The second-order valence-corrected chi connectivity index (χ2v) is 11.1. The van der Waals surface area contributed by atoms with E-state index in [0.717, 1.165) is 33.1 Å². The smallest absolute Gasteiger partial charge is 0.325 e. The molecule has 1 amide bonds. The van der Waals surface area contributed by atoms with Gasteiger partial charge >= 0.3 is 7.60 Å². The minimum atomic E-state index is -4.32. The fourth-order valence-electron chi connectivity index (χ4n) is 3.87. The molecule has 0 saturated carbocycles. The number of nitrogens with two attached hydrogens (primary N) is 1. The van der Waals surface area contributed by atoms with E-state index in [4.69, 9.17) is 5.73 Å². The van der Waals surface area contributed by atoms with Crippen molar-refractivity contribution in [1.82, 2.24) is 4.98 Å². The number of fused-ring (bicyclic) bond motifs is 2. The summed E-state index contributed by atoms with van der Waals surface area (Å²) in [6.07, 6.45) is 1.31. The van der Waals surface area contributed by atoms with Crippen LogP contribution in [-0.2, 0) is 9.36 Å². The number of nitrogens with zero attached hydrogens (tertiary/aromatic N) is 1. The molecule has 0 radical (unpaired) electrons. The number of hydrogen-bond acceptors (Lipinski definition) is 4. The molecule has 0 aliphatic carbocycles. The van der Waals surface area contributed by atoms with Gasteiger partial charge in [0.15, 0.2) is 0 Å². The molecule has 5 N–H and O–H groups in total. The summed E-state index contributed by atoms with van der Waals surface area (Å²) < 4.78 is 11.3. The predicted molar refractivity (Wildman–Crippen MR) is 142 cm³/mol. The van der Waals surface area contributed by atoms with Crippen molar-refractivity contribution in [2.24, 2.45) is 11.1 Å². The second-order valence-electron chi connectivity index (χ2n) is 9.60. The maximum atomic E-state index is 12.9. The second kappa shape index (κ2) is 9.36. The summed E-state index contributed by atoms with van der Waals surface area (Å²) >= 11 is 0. The van der Waals surface area contributed by atoms with E-state index in [2.05, 4.69) is 10.3 Å². The first-order valence-corrected chi connectivity index (χ1v) is 12.8. The van der Waals surface area contributed by atoms with Crippen LogP contribution in [-0.4, -0.2) is 26.7 Å². The molecule has 3 aromatic carbocycles. The molecular weight excluding hydrogens is 461 g/mol. The SMILES string of the molecule is CC(C)(C)C(N)C(=O)Nc1cc(-c2cccc3ccccc23)c2nc(/C=C/P(=O)(O)O)ccc2c1. The summed E-state index contributed by atoms with van der Waals surface area (Å²) in [4.78, 5) is 36.0. The number of carbonyl (C=O) groups excluding carboxylic acids is 1. The van der Waals surface area contributed by atoms with Crippen LogP contribution in [0.1, 0.15) is 26.5 Å². The van der Waals surface area contributed by atoms with Crippen LogP contribution < -0.4 is 11.1 Å². The Hall–Kier alpha value is -3.35. The summed E-state index contributed by atoms with van der Waals surface area (Å²) in [7, 11) is -4.32. The number of pyridine rings is 1. The van der Waals surface area contributed by atoms with Crippen molar-refractivity contribution >= 4 is 46.9 Å². The van der Waals surface area contributed by atoms with E-state index in [9.17, 15) is 19.1 Å². The van der Waals surface area contributed by atoms with Crippen LogP contribution in [0.3, 0.4) is 0 Å². The van der Waals surface area contributed by atoms with E-state index >= 15 is 0 Å². The molecule has 4 aromatic rings. The van der Waals surface area contributed by atoms with Gasteiger partial charge in [-0.3, -0.25) is 9.36 Å². The molecule has 1 atom stereocenters. The Bertz CT molecular complexity index is 1500. The van der Waals surface area contributed by atoms with Gasteiger partial charge in [-0.2, -0.15) is 0 Å². The third-order valence-corrected chi connectivity index (χ3v) is 6.35. The van der Waals surface area contributed by atoms with Crippen molar-refractivity contribution in [3.05, 3.63) is 78.2 Å². The van der Waals surface area contributed by atoms with Crippen LogP contribution in [0.4, 0.5) is 5.69 Å². The summed E-state index contributed by atoms with van der Waals surface area (Å²) in [5, 5.41) is 5.79. The summed E-state index contributed by atoms with van der Waals surface area (Å²) in [5.41, 5.74) is 9.12. The number of anilines is 1. The Morgan fingerprint density at radius 3 is 2.43 bits per heavy atom. The normalized spacial score (nSPS) is 13.4. The van der Waals surface area contributed by atoms with Gasteiger partial charge in [0.25, 0.3) is 0 Å². The van der Waals surface area contributed by atoms with Crippen LogP contribution in [0.25, 0.3) is 38.9 Å². The Morgan fingerprint density at radius 2 is 1.71 bits per heavy atom. The van der Waals surface area contributed by atoms with Gasteiger partial charge in [-0.05, 0) is 46.0 Å². The molecule has 7 nitrogen and oxygen atoms in total. The molecule has 0 aliphatic heterocycles. The van der Waals surface area contributed by atoms with Crippen LogP contribution in [0.5, 0.6) is 0 Å². The Labute approximate surface area is 203 Å². The lowest BCUT2D eigenvalue weighted by atomic mass is 9.87. The topological polar surface area (TPSA) is 126 Å². The number of rotatable bonds is 5. The predicted octanol–water partition coefficient (Wildman–Crippen LogP) is 5.52. The van der Waals surface area contributed by atoms with Crippen molar-refractivity contribution in [1.29, 1.82) is 0 Å². The largest absolute Gasteiger partial charge is 0.349 e. The van der Waals surface area contributed by atoms with Gasteiger partial charge in [0, 0.05) is 22.5 Å². The van der Waals surface area contributed by atoms with Crippen LogP contribution in [0.2, 0.25) is 0 Å². The molecule has 0 aliphatic rings. The van der Waals surface area contributed by atoms with E-state index in [1.165, 1.54) is 6.08 Å². The van der Waals surface area contributed by atoms with E-state index in [1.807, 2.05) is 81.4 Å². The minimum Gasteiger partial charge on any atom is -0.325 e. The van der Waals surface area contributed by atoms with E-state index in [-0.39, 0.29) is 5.91 Å². The molecule has 1 heterocycles. The Morgan fingerprint density at radius 1 is 1.00 bits per heavy atom. The number of aromatic nitrogens is 1. The first kappa shape index (κ1) is 24.8. The highest BCUT2D eigenvalue weighted by Gasteiger charge is 2.27. The Kier molecular flexibility index (Phi) is 6.62. The van der Waals surface area contributed by atoms with Gasteiger partial charge in [-0.1, -0.05) is 69.3 Å². The summed E-state index contributed by atoms with van der Waals surface area (Å²) in [6, 6.07) is 20.4. The highest BCUT2D eigenvalue weighted by Crippen LogP contribution is 2.38. The number of benzene rings is 3. The van der Waals surface area contributed by atoms with Gasteiger partial charge in [-0.25, -0.2) is 4.98 Å². The molecule has 0 bridgehead atoms. The van der Waals surface area contributed by atoms with E-state index in [0.29, 0.717) is 16.9 Å². The van der Waals surface area contributed by atoms with Crippen LogP contribution in [0, 0.1) is 5.41 Å². The highest BCUT2D eigenvalue weighted by atomic mass is 31.2. The van der Waals surface area contributed by atoms with Gasteiger partial charge < -0.3 is 20.8 Å². The molecule has 4 rings (SSSR count). The van der Waals surface area contributed by atoms with Crippen molar-refractivity contribution in [3.63, 3.8) is 0 Å². The molecule has 0 spiro atoms. The lowest BCUT2D eigenvalue weighted by Gasteiger charge is -2.26. The van der Waals surface area contributed by atoms with Gasteiger partial charge in [0.2, 0.25) is 5.91 Å². The monoisotopic (exact) mass is 489 g/mol. The summed E-state index contributed by atoms with van der Waals surface area (Å²) in [5.74, 6) is 0.552. The highest BCUT2D eigenvalue weighted by molar-refractivity contribution is 7.55. The first-order chi connectivity index (χ1) is 16.4. The number of hydrogen-bond donors (Lipinski definition) is 4. The maximum Gasteiger partial charge on any atom is 0.349 e. The number of amides is 1. The average Bonchev–Trinajstić information content (AvgIpc) is 2.80. The molecular formula is C27H28N3O4P. The zero-order valence-corrected chi connectivity index (χ0v) is 20.7. The van der Waals surface area contributed by atoms with Gasteiger partial charge in [-0.15, -0.1) is 0 Å². The van der Waals surface area contributed by atoms with Gasteiger partial charge in [0.1, 0.15) is 0 Å². The third kappa shape index (κ3) is 5.66. The lowest BCUT2D eigenvalue weighted by molar-refractivity contribution is -0.119. The van der Waals surface area contributed by atoms with Crippen LogP contribution >= 0.6 is 7.60 Å². The maximum absolute atomic E-state index is 12.9. The number of nitrogens with one attached hydrogen (secondary N) is 1. The molecule has 1 aromatic heterocycles. The fourth-order valence-corrected chi connectivity index (χ4v) is 4.21. The van der Waals surface area contributed by atoms with Crippen molar-refractivity contribution in [2.45, 2.75) is 26.8 Å². The fraction of sp³-hybridized carbons (Fsp3) is 0.185. The van der Waals surface area contributed by atoms with Crippen LogP contribution in [0.15, 0.2) is 72.5 Å². The minimum absolute atomic E-state index is 0.283. The zero-order chi connectivity index (χ0) is 25.4. The molecule has 1 unspecified atom stereocenters. The molecule has 35 heavy (non-hydrogen) atoms. The van der Waals surface area contributed by atoms with Crippen molar-refractivity contribution < 1.29 is 19.1 Å². The first-order valence-electron chi connectivity index (χ1n) is 11.2. The third-order valence-electron chi connectivity index (χ3n) is 5.82. The molecule has 8 heteroatoms. The lowest BCUT2D eigenvalue weighted by Crippen LogP contribution is -2.45. The van der Waals surface area contributed by atoms with E-state index in [1.54, 1.807) is 6.07 Å².